The SMILES string of the molecule is CCN1C(=O)N(c2ccc(-c3ccnc(C#N)c3)cc2Cl)C(=O)C12CCN(Cc1ccc(N3CCCC3)cc1)CC2. The number of pyridine rings is 1. The number of likely N-dealkylation sites (tertiary alicyclic amines) is 1. The van der Waals surface area contributed by atoms with Gasteiger partial charge in [-0.2, -0.15) is 5.26 Å². The van der Waals surface area contributed by atoms with Gasteiger partial charge in [-0.15, -0.1) is 0 Å². The third-order valence-corrected chi connectivity index (χ3v) is 9.05. The van der Waals surface area contributed by atoms with E-state index in [1.54, 1.807) is 35.4 Å². The molecule has 0 radical (unpaired) electrons. The highest BCUT2D eigenvalue weighted by atomic mass is 35.5. The normalized spacial score (nSPS) is 18.9. The van der Waals surface area contributed by atoms with Crippen LogP contribution in [-0.2, 0) is 11.3 Å². The Morgan fingerprint density at radius 3 is 2.32 bits per heavy atom. The van der Waals surface area contributed by atoms with Crippen molar-refractivity contribution < 1.29 is 9.59 Å². The van der Waals surface area contributed by atoms with Crippen LogP contribution in [0.3, 0.4) is 0 Å². The van der Waals surface area contributed by atoms with Crippen LogP contribution >= 0.6 is 11.6 Å². The number of carbonyl (C=O) groups excluding carboxylic acids is 2. The van der Waals surface area contributed by atoms with Crippen LogP contribution in [0, 0.1) is 11.3 Å². The first kappa shape index (κ1) is 27.3. The number of nitriles is 1. The molecule has 0 unspecified atom stereocenters. The van der Waals surface area contributed by atoms with Crippen LogP contribution in [0.1, 0.15) is 43.9 Å². The molecule has 9 heteroatoms. The number of benzene rings is 2. The van der Waals surface area contributed by atoms with E-state index >= 15 is 0 Å². The van der Waals surface area contributed by atoms with Gasteiger partial charge in [-0.1, -0.05) is 29.8 Å². The van der Waals surface area contributed by atoms with E-state index in [0.29, 0.717) is 35.8 Å². The molecule has 3 saturated heterocycles. The molecule has 0 aliphatic carbocycles. The third kappa shape index (κ3) is 4.94. The number of nitrogens with zero attached hydrogens (tertiary/aromatic N) is 6. The minimum absolute atomic E-state index is 0.204. The van der Waals surface area contributed by atoms with E-state index < -0.39 is 5.54 Å². The Labute approximate surface area is 245 Å². The summed E-state index contributed by atoms with van der Waals surface area (Å²) >= 11 is 6.69. The molecule has 0 N–H and O–H groups in total. The number of likely N-dealkylation sites (N-methyl/N-ethyl adjacent to an activating group) is 1. The van der Waals surface area contributed by atoms with Gasteiger partial charge in [0.25, 0.3) is 5.91 Å². The van der Waals surface area contributed by atoms with Gasteiger partial charge in [0.05, 0.1) is 10.7 Å². The van der Waals surface area contributed by atoms with Gasteiger partial charge < -0.3 is 9.80 Å². The fourth-order valence-corrected chi connectivity index (χ4v) is 6.78. The highest BCUT2D eigenvalue weighted by Crippen LogP contribution is 2.42. The number of imide groups is 1. The zero-order chi connectivity index (χ0) is 28.6. The van der Waals surface area contributed by atoms with Gasteiger partial charge in [-0.3, -0.25) is 9.69 Å². The van der Waals surface area contributed by atoms with E-state index in [-0.39, 0.29) is 11.9 Å². The predicted molar refractivity (Wildman–Crippen MR) is 160 cm³/mol. The van der Waals surface area contributed by atoms with Gasteiger partial charge in [0, 0.05) is 51.2 Å². The molecule has 3 aromatic rings. The topological polar surface area (TPSA) is 83.8 Å². The molecule has 3 aliphatic heterocycles. The van der Waals surface area contributed by atoms with Gasteiger partial charge in [0.2, 0.25) is 0 Å². The Bertz CT molecular complexity index is 1500. The molecule has 1 aromatic heterocycles. The summed E-state index contributed by atoms with van der Waals surface area (Å²) in [5.74, 6) is -0.204. The van der Waals surface area contributed by atoms with Gasteiger partial charge >= 0.3 is 6.03 Å². The molecule has 3 aliphatic rings. The summed E-state index contributed by atoms with van der Waals surface area (Å²) in [6.45, 7) is 6.92. The summed E-state index contributed by atoms with van der Waals surface area (Å²) in [7, 11) is 0. The molecular weight excluding hydrogens is 536 g/mol. The minimum atomic E-state index is -0.864. The standard InChI is InChI=1S/C32H33ClN6O2/c1-2-38-31(41)39(29-10-7-24(20-28(29)33)25-11-14-35-26(19-25)21-34)30(40)32(38)12-17-36(18-13-32)22-23-5-8-27(9-6-23)37-15-3-4-16-37/h5-11,14,19-20H,2-4,12-13,15-18,22H2,1H3. The molecule has 4 heterocycles. The molecule has 8 nitrogen and oxygen atoms in total. The van der Waals surface area contributed by atoms with Crippen molar-refractivity contribution in [2.75, 3.05) is 42.5 Å². The van der Waals surface area contributed by atoms with Crippen molar-refractivity contribution in [2.24, 2.45) is 0 Å². The maximum absolute atomic E-state index is 14.0. The quantitative estimate of drug-likeness (QED) is 0.355. The lowest BCUT2D eigenvalue weighted by atomic mass is 9.85. The molecule has 0 bridgehead atoms. The smallest absolute Gasteiger partial charge is 0.332 e. The van der Waals surface area contributed by atoms with E-state index in [9.17, 15) is 14.9 Å². The van der Waals surface area contributed by atoms with Gasteiger partial charge in [0.1, 0.15) is 17.3 Å². The molecular formula is C32H33ClN6O2. The third-order valence-electron chi connectivity index (χ3n) is 8.75. The number of rotatable bonds is 6. The average Bonchev–Trinajstić information content (AvgIpc) is 3.61. The fourth-order valence-electron chi connectivity index (χ4n) is 6.51. The average molecular weight is 569 g/mol. The molecule has 41 heavy (non-hydrogen) atoms. The Morgan fingerprint density at radius 2 is 1.66 bits per heavy atom. The van der Waals surface area contributed by atoms with Crippen LogP contribution in [0.2, 0.25) is 5.02 Å². The van der Waals surface area contributed by atoms with Crippen molar-refractivity contribution >= 4 is 34.9 Å². The number of aromatic nitrogens is 1. The van der Waals surface area contributed by atoms with Crippen molar-refractivity contribution in [3.8, 4) is 17.2 Å². The van der Waals surface area contributed by atoms with Crippen molar-refractivity contribution in [1.29, 1.82) is 5.26 Å². The summed E-state index contributed by atoms with van der Waals surface area (Å²) in [5.41, 5.74) is 3.94. The zero-order valence-corrected chi connectivity index (χ0v) is 24.0. The van der Waals surface area contributed by atoms with Crippen LogP contribution in [0.4, 0.5) is 16.2 Å². The van der Waals surface area contributed by atoms with Crippen LogP contribution in [0.15, 0.2) is 60.8 Å². The second kappa shape index (κ2) is 11.2. The summed E-state index contributed by atoms with van der Waals surface area (Å²) in [6, 6.07) is 19.3. The zero-order valence-electron chi connectivity index (χ0n) is 23.2. The minimum Gasteiger partial charge on any atom is -0.372 e. The number of carbonyl (C=O) groups is 2. The monoisotopic (exact) mass is 568 g/mol. The highest BCUT2D eigenvalue weighted by molar-refractivity contribution is 6.36. The Kier molecular flexibility index (Phi) is 7.41. The van der Waals surface area contributed by atoms with E-state index in [0.717, 1.165) is 43.9 Å². The maximum Gasteiger partial charge on any atom is 0.332 e. The van der Waals surface area contributed by atoms with Gasteiger partial charge in [0.15, 0.2) is 0 Å². The summed E-state index contributed by atoms with van der Waals surface area (Å²) in [6.07, 6.45) is 5.26. The van der Waals surface area contributed by atoms with Crippen LogP contribution in [0.5, 0.6) is 0 Å². The molecule has 2 aromatic carbocycles. The number of piperidine rings is 1. The molecule has 6 rings (SSSR count). The highest BCUT2D eigenvalue weighted by Gasteiger charge is 2.58. The number of hydrogen-bond acceptors (Lipinski definition) is 6. The van der Waals surface area contributed by atoms with E-state index in [1.807, 2.05) is 19.1 Å². The molecule has 0 atom stereocenters. The molecule has 3 fully saturated rings. The summed E-state index contributed by atoms with van der Waals surface area (Å²) in [4.78, 5) is 39.5. The summed E-state index contributed by atoms with van der Waals surface area (Å²) < 4.78 is 0. The van der Waals surface area contributed by atoms with Crippen molar-refractivity contribution in [1.82, 2.24) is 14.8 Å². The van der Waals surface area contributed by atoms with E-state index in [4.69, 9.17) is 11.6 Å². The second-order valence-corrected chi connectivity index (χ2v) is 11.5. The predicted octanol–water partition coefficient (Wildman–Crippen LogP) is 5.70. The van der Waals surface area contributed by atoms with Crippen molar-refractivity contribution in [3.05, 3.63) is 77.1 Å². The first-order chi connectivity index (χ1) is 19.9. The number of amides is 3. The largest absolute Gasteiger partial charge is 0.372 e. The van der Waals surface area contributed by atoms with Crippen LogP contribution in [0.25, 0.3) is 11.1 Å². The van der Waals surface area contributed by atoms with Gasteiger partial charge in [-0.05, 0) is 85.7 Å². The van der Waals surface area contributed by atoms with E-state index in [1.165, 1.54) is 29.0 Å². The van der Waals surface area contributed by atoms with Gasteiger partial charge in [-0.25, -0.2) is 14.7 Å². The lowest BCUT2D eigenvalue weighted by Crippen LogP contribution is -2.56. The Morgan fingerprint density at radius 1 is 0.951 bits per heavy atom. The maximum atomic E-state index is 14.0. The first-order valence-corrected chi connectivity index (χ1v) is 14.7. The van der Waals surface area contributed by atoms with Crippen LogP contribution in [-0.4, -0.2) is 65.0 Å². The number of urea groups is 1. The fraction of sp³-hybridized carbons (Fsp3) is 0.375. The summed E-state index contributed by atoms with van der Waals surface area (Å²) in [5, 5.41) is 9.49. The van der Waals surface area contributed by atoms with Crippen LogP contribution < -0.4 is 9.80 Å². The lowest BCUT2D eigenvalue weighted by Gasteiger charge is -2.41. The molecule has 210 valence electrons. The van der Waals surface area contributed by atoms with Crippen molar-refractivity contribution in [3.63, 3.8) is 0 Å². The first-order valence-electron chi connectivity index (χ1n) is 14.3. The second-order valence-electron chi connectivity index (χ2n) is 11.0. The Balaban J connectivity index is 1.17. The lowest BCUT2D eigenvalue weighted by molar-refractivity contribution is -0.127. The number of halogens is 1. The molecule has 1 spiro atoms. The Hall–Kier alpha value is -3.93. The molecule has 0 saturated carbocycles. The van der Waals surface area contributed by atoms with E-state index in [2.05, 4.69) is 39.0 Å². The number of hydrogen-bond donors (Lipinski definition) is 0. The molecule has 3 amide bonds. The van der Waals surface area contributed by atoms with Crippen molar-refractivity contribution in [2.45, 2.75) is 44.7 Å². The number of anilines is 2.